The summed E-state index contributed by atoms with van der Waals surface area (Å²) < 4.78 is 29.1. The molecule has 2 aromatic heterocycles. The largest absolute Gasteiger partial charge is 0.351 e. The fourth-order valence-corrected chi connectivity index (χ4v) is 6.24. The second-order valence-electron chi connectivity index (χ2n) is 6.94. The first-order valence-corrected chi connectivity index (χ1v) is 11.7. The van der Waals surface area contributed by atoms with Crippen molar-refractivity contribution in [2.24, 2.45) is 0 Å². The average molecular weight is 431 g/mol. The summed E-state index contributed by atoms with van der Waals surface area (Å²) in [5.41, 5.74) is 2.08. The number of hydrogen-bond acceptors (Lipinski definition) is 5. The summed E-state index contributed by atoms with van der Waals surface area (Å²) >= 11 is 1.18. The van der Waals surface area contributed by atoms with Crippen molar-refractivity contribution in [1.29, 1.82) is 0 Å². The maximum absolute atomic E-state index is 12.8. The third-order valence-corrected chi connectivity index (χ3v) is 8.24. The highest BCUT2D eigenvalue weighted by Gasteiger charge is 2.39. The van der Waals surface area contributed by atoms with Crippen molar-refractivity contribution in [2.75, 3.05) is 6.54 Å². The van der Waals surface area contributed by atoms with Crippen LogP contribution < -0.4 is 5.32 Å². The summed E-state index contributed by atoms with van der Waals surface area (Å²) in [5.74, 6) is -0.247. The Labute approximate surface area is 174 Å². The van der Waals surface area contributed by atoms with E-state index in [1.54, 1.807) is 23.7 Å². The van der Waals surface area contributed by atoms with Crippen LogP contribution in [-0.2, 0) is 27.9 Å². The number of aromatic nitrogens is 2. The van der Waals surface area contributed by atoms with Crippen LogP contribution in [-0.4, -0.2) is 41.0 Å². The van der Waals surface area contributed by atoms with Crippen LogP contribution in [0.4, 0.5) is 0 Å². The molecule has 1 amide bonds. The lowest BCUT2D eigenvalue weighted by Crippen LogP contribution is -2.45. The molecule has 152 valence electrons. The topological polar surface area (TPSA) is 84.3 Å². The first-order valence-electron chi connectivity index (χ1n) is 9.42. The summed E-state index contributed by atoms with van der Waals surface area (Å²) in [6, 6.07) is 12.5. The Hall–Kier alpha value is -2.49. The number of thiophene rings is 1. The van der Waals surface area contributed by atoms with Gasteiger partial charge in [0.25, 0.3) is 10.0 Å². The molecule has 0 bridgehead atoms. The van der Waals surface area contributed by atoms with E-state index in [1.165, 1.54) is 15.6 Å². The first kappa shape index (κ1) is 19.8. The fourth-order valence-electron chi connectivity index (χ4n) is 3.47. The van der Waals surface area contributed by atoms with Gasteiger partial charge in [0, 0.05) is 25.5 Å². The van der Waals surface area contributed by atoms with E-state index in [-0.39, 0.29) is 10.1 Å². The minimum absolute atomic E-state index is 0.247. The van der Waals surface area contributed by atoms with Crippen LogP contribution in [0.2, 0.25) is 0 Å². The van der Waals surface area contributed by atoms with E-state index in [0.29, 0.717) is 32.5 Å². The Morgan fingerprint density at radius 2 is 1.97 bits per heavy atom. The number of rotatable bonds is 7. The Balaban J connectivity index is 1.36. The van der Waals surface area contributed by atoms with Gasteiger partial charge in [-0.25, -0.2) is 8.42 Å². The third kappa shape index (κ3) is 4.42. The van der Waals surface area contributed by atoms with Gasteiger partial charge in [0.05, 0.1) is 6.54 Å². The van der Waals surface area contributed by atoms with Crippen LogP contribution >= 0.6 is 11.3 Å². The van der Waals surface area contributed by atoms with Crippen LogP contribution in [0.5, 0.6) is 0 Å². The molecule has 3 heterocycles. The lowest BCUT2D eigenvalue weighted by molar-refractivity contribution is -0.124. The zero-order valence-corrected chi connectivity index (χ0v) is 17.4. The molecule has 29 heavy (non-hydrogen) atoms. The molecule has 9 heteroatoms. The molecule has 0 spiro atoms. The molecule has 1 fully saturated rings. The van der Waals surface area contributed by atoms with Gasteiger partial charge in [-0.3, -0.25) is 9.48 Å². The SMILES string of the molecule is O=C(NCc1ccc(Cn2cccn2)cc1)[C@@H]1CCCN1S(=O)(=O)c1cccs1. The molecule has 1 aliphatic heterocycles. The third-order valence-electron chi connectivity index (χ3n) is 4.96. The van der Waals surface area contributed by atoms with Crippen molar-refractivity contribution in [3.05, 3.63) is 71.4 Å². The molecule has 1 aliphatic rings. The van der Waals surface area contributed by atoms with E-state index in [1.807, 2.05) is 41.2 Å². The Kier molecular flexibility index (Phi) is 5.79. The van der Waals surface area contributed by atoms with Gasteiger partial charge in [-0.2, -0.15) is 9.40 Å². The van der Waals surface area contributed by atoms with Gasteiger partial charge >= 0.3 is 0 Å². The highest BCUT2D eigenvalue weighted by atomic mass is 32.2. The average Bonchev–Trinajstić information content (AvgIpc) is 3.49. The van der Waals surface area contributed by atoms with Crippen molar-refractivity contribution >= 4 is 27.3 Å². The number of amides is 1. The number of hydrogen-bond donors (Lipinski definition) is 1. The standard InChI is InChI=1S/C20H22N4O3S2/c25-20(18-4-1-12-24(18)29(26,27)19-5-2-13-28-19)21-14-16-6-8-17(9-7-16)15-23-11-3-10-22-23/h2-3,5-11,13,18H,1,4,12,14-15H2,(H,21,25)/t18-/m0/s1. The van der Waals surface area contributed by atoms with Gasteiger partial charge in [0.1, 0.15) is 10.3 Å². The zero-order valence-electron chi connectivity index (χ0n) is 15.8. The predicted octanol–water partition coefficient (Wildman–Crippen LogP) is 2.46. The molecule has 0 unspecified atom stereocenters. The molecular weight excluding hydrogens is 408 g/mol. The van der Waals surface area contributed by atoms with Crippen molar-refractivity contribution < 1.29 is 13.2 Å². The van der Waals surface area contributed by atoms with E-state index < -0.39 is 16.1 Å². The molecule has 7 nitrogen and oxygen atoms in total. The van der Waals surface area contributed by atoms with Crippen LogP contribution in [0.3, 0.4) is 0 Å². The van der Waals surface area contributed by atoms with Crippen LogP contribution in [0.1, 0.15) is 24.0 Å². The number of carbonyl (C=O) groups excluding carboxylic acids is 1. The van der Waals surface area contributed by atoms with E-state index >= 15 is 0 Å². The summed E-state index contributed by atoms with van der Waals surface area (Å²) in [6.45, 7) is 1.43. The quantitative estimate of drug-likeness (QED) is 0.624. The summed E-state index contributed by atoms with van der Waals surface area (Å²) in [6.07, 6.45) is 4.88. The normalized spacial score (nSPS) is 17.4. The van der Waals surface area contributed by atoms with Crippen LogP contribution in [0.15, 0.2) is 64.4 Å². The maximum Gasteiger partial charge on any atom is 0.253 e. The van der Waals surface area contributed by atoms with Crippen LogP contribution in [0, 0.1) is 0 Å². The molecule has 1 saturated heterocycles. The zero-order chi connectivity index (χ0) is 20.3. The number of benzene rings is 1. The summed E-state index contributed by atoms with van der Waals surface area (Å²) in [4.78, 5) is 12.7. The minimum Gasteiger partial charge on any atom is -0.351 e. The van der Waals surface area contributed by atoms with Crippen molar-refractivity contribution in [1.82, 2.24) is 19.4 Å². The highest BCUT2D eigenvalue weighted by molar-refractivity contribution is 7.91. The van der Waals surface area contributed by atoms with E-state index in [9.17, 15) is 13.2 Å². The second kappa shape index (κ2) is 8.48. The molecule has 4 rings (SSSR count). The van der Waals surface area contributed by atoms with E-state index in [4.69, 9.17) is 0 Å². The maximum atomic E-state index is 12.8. The minimum atomic E-state index is -3.62. The van der Waals surface area contributed by atoms with Gasteiger partial charge in [-0.15, -0.1) is 11.3 Å². The first-order chi connectivity index (χ1) is 14.0. The lowest BCUT2D eigenvalue weighted by atomic mass is 10.1. The molecule has 0 saturated carbocycles. The highest BCUT2D eigenvalue weighted by Crippen LogP contribution is 2.28. The van der Waals surface area contributed by atoms with Crippen molar-refractivity contribution in [2.45, 2.75) is 36.2 Å². The Morgan fingerprint density at radius 1 is 1.17 bits per heavy atom. The molecule has 3 aromatic rings. The van der Waals surface area contributed by atoms with E-state index in [0.717, 1.165) is 11.1 Å². The second-order valence-corrected chi connectivity index (χ2v) is 10.0. The molecule has 1 aromatic carbocycles. The van der Waals surface area contributed by atoms with Gasteiger partial charge in [-0.05, 0) is 41.5 Å². The number of nitrogens with one attached hydrogen (secondary N) is 1. The number of carbonyl (C=O) groups is 1. The Morgan fingerprint density at radius 3 is 2.66 bits per heavy atom. The molecule has 1 N–H and O–H groups in total. The Bertz CT molecular complexity index is 1050. The summed E-state index contributed by atoms with van der Waals surface area (Å²) in [5, 5.41) is 8.81. The van der Waals surface area contributed by atoms with Crippen molar-refractivity contribution in [3.8, 4) is 0 Å². The summed E-state index contributed by atoms with van der Waals surface area (Å²) in [7, 11) is -3.62. The molecule has 1 atom stereocenters. The smallest absolute Gasteiger partial charge is 0.253 e. The molecular formula is C20H22N4O3S2. The molecule has 0 aliphatic carbocycles. The predicted molar refractivity (Wildman–Crippen MR) is 111 cm³/mol. The number of sulfonamides is 1. The van der Waals surface area contributed by atoms with Gasteiger partial charge in [-0.1, -0.05) is 30.3 Å². The fraction of sp³-hybridized carbons (Fsp3) is 0.300. The number of nitrogens with zero attached hydrogens (tertiary/aromatic N) is 3. The van der Waals surface area contributed by atoms with Gasteiger partial charge < -0.3 is 5.32 Å². The van der Waals surface area contributed by atoms with E-state index in [2.05, 4.69) is 10.4 Å². The van der Waals surface area contributed by atoms with Crippen molar-refractivity contribution in [3.63, 3.8) is 0 Å². The van der Waals surface area contributed by atoms with Gasteiger partial charge in [0.15, 0.2) is 0 Å². The van der Waals surface area contributed by atoms with Crippen LogP contribution in [0.25, 0.3) is 0 Å². The van der Waals surface area contributed by atoms with Gasteiger partial charge in [0.2, 0.25) is 5.91 Å². The lowest BCUT2D eigenvalue weighted by Gasteiger charge is -2.22. The molecule has 0 radical (unpaired) electrons. The monoisotopic (exact) mass is 430 g/mol.